The molecule has 0 saturated carbocycles. The molecule has 0 aliphatic carbocycles. The maximum Gasteiger partial charge on any atom is 0.184 e. The monoisotopic (exact) mass is 222 g/mol. The molecule has 1 fully saturated rings. The third-order valence-electron chi connectivity index (χ3n) is 2.51. The number of aliphatic hydroxyl groups excluding tert-OH is 2. The van der Waals surface area contributed by atoms with Gasteiger partial charge in [0.25, 0.3) is 0 Å². The molecule has 1 heterocycles. The van der Waals surface area contributed by atoms with Gasteiger partial charge >= 0.3 is 0 Å². The Kier molecular flexibility index (Phi) is 4.91. The van der Waals surface area contributed by atoms with E-state index in [2.05, 4.69) is 0 Å². The average molecular weight is 222 g/mol. The minimum Gasteiger partial charge on any atom is -0.387 e. The van der Waals surface area contributed by atoms with Crippen molar-refractivity contribution in [3.63, 3.8) is 0 Å². The molecular weight excluding hydrogens is 204 g/mol. The second-order valence-corrected chi connectivity index (χ2v) is 3.41. The maximum absolute atomic E-state index is 9.85. The zero-order valence-corrected chi connectivity index (χ0v) is 9.12. The highest BCUT2D eigenvalue weighted by Gasteiger charge is 2.45. The van der Waals surface area contributed by atoms with Gasteiger partial charge in [-0.2, -0.15) is 0 Å². The van der Waals surface area contributed by atoms with Crippen LogP contribution in [-0.2, 0) is 18.9 Å². The molecule has 0 aromatic heterocycles. The van der Waals surface area contributed by atoms with E-state index in [0.29, 0.717) is 0 Å². The van der Waals surface area contributed by atoms with Crippen LogP contribution in [0.5, 0.6) is 0 Å². The van der Waals surface area contributed by atoms with Crippen LogP contribution in [0.3, 0.4) is 0 Å². The fourth-order valence-corrected chi connectivity index (χ4v) is 1.75. The van der Waals surface area contributed by atoms with Crippen LogP contribution in [0.4, 0.5) is 0 Å². The molecule has 15 heavy (non-hydrogen) atoms. The molecule has 2 N–H and O–H groups in total. The summed E-state index contributed by atoms with van der Waals surface area (Å²) in [5.41, 5.74) is 0. The van der Waals surface area contributed by atoms with Gasteiger partial charge in [0.05, 0.1) is 6.61 Å². The summed E-state index contributed by atoms with van der Waals surface area (Å²) in [6.45, 7) is 0.239. The number of ether oxygens (including phenoxy) is 4. The van der Waals surface area contributed by atoms with Gasteiger partial charge in [-0.15, -0.1) is 0 Å². The Morgan fingerprint density at radius 1 is 1.07 bits per heavy atom. The van der Waals surface area contributed by atoms with Gasteiger partial charge in [0, 0.05) is 21.3 Å². The Bertz CT molecular complexity index is 185. The molecule has 90 valence electrons. The molecule has 0 amide bonds. The predicted octanol–water partition coefficient (Wildman–Crippen LogP) is -1.26. The summed E-state index contributed by atoms with van der Waals surface area (Å²) in [7, 11) is 4.37. The van der Waals surface area contributed by atoms with Crippen molar-refractivity contribution in [2.45, 2.75) is 30.7 Å². The number of aliphatic hydroxyl groups is 2. The van der Waals surface area contributed by atoms with E-state index in [-0.39, 0.29) is 6.61 Å². The Labute approximate surface area is 88.7 Å². The quantitative estimate of drug-likeness (QED) is 0.618. The van der Waals surface area contributed by atoms with Crippen molar-refractivity contribution in [1.82, 2.24) is 0 Å². The molecule has 1 aliphatic heterocycles. The van der Waals surface area contributed by atoms with Crippen LogP contribution in [-0.4, -0.2) is 68.9 Å². The summed E-state index contributed by atoms with van der Waals surface area (Å²) in [6, 6.07) is 0. The predicted molar refractivity (Wildman–Crippen MR) is 50.4 cm³/mol. The lowest BCUT2D eigenvalue weighted by atomic mass is 9.99. The molecule has 0 spiro atoms. The summed E-state index contributed by atoms with van der Waals surface area (Å²) in [5, 5.41) is 19.4. The zero-order valence-electron chi connectivity index (χ0n) is 9.12. The highest BCUT2D eigenvalue weighted by atomic mass is 16.7. The molecule has 0 unspecified atom stereocenters. The minimum atomic E-state index is -1.17. The Hall–Kier alpha value is -0.240. The number of rotatable bonds is 4. The van der Waals surface area contributed by atoms with E-state index in [9.17, 15) is 10.2 Å². The molecule has 0 aromatic carbocycles. The van der Waals surface area contributed by atoms with Crippen molar-refractivity contribution < 1.29 is 29.2 Å². The molecule has 0 aromatic rings. The lowest BCUT2D eigenvalue weighted by molar-refractivity contribution is -0.296. The standard InChI is InChI=1S/C9H18O6/c1-12-4-5-7(13-2)6(10)8(14-3)9(11)15-5/h5-11H,4H2,1-3H3/t5-,6+,7-,8+,9+/m1/s1. The van der Waals surface area contributed by atoms with Gasteiger partial charge in [0.2, 0.25) is 0 Å². The third-order valence-corrected chi connectivity index (χ3v) is 2.51. The number of methoxy groups -OCH3 is 3. The largest absolute Gasteiger partial charge is 0.387 e. The highest BCUT2D eigenvalue weighted by molar-refractivity contribution is 4.90. The summed E-state index contributed by atoms with van der Waals surface area (Å²) in [5.74, 6) is 0. The van der Waals surface area contributed by atoms with Crippen molar-refractivity contribution >= 4 is 0 Å². The first-order valence-electron chi connectivity index (χ1n) is 4.71. The van der Waals surface area contributed by atoms with Gasteiger partial charge in [-0.05, 0) is 0 Å². The van der Waals surface area contributed by atoms with Crippen LogP contribution in [0, 0.1) is 0 Å². The third kappa shape index (κ3) is 2.66. The van der Waals surface area contributed by atoms with E-state index in [1.807, 2.05) is 0 Å². The molecule has 1 saturated heterocycles. The molecule has 6 heteroatoms. The molecule has 0 bridgehead atoms. The summed E-state index contributed by atoms with van der Waals surface area (Å²) in [6.07, 6.45) is -3.99. The molecule has 0 radical (unpaired) electrons. The molecule has 1 aliphatic rings. The molecule has 5 atom stereocenters. The van der Waals surface area contributed by atoms with Gasteiger partial charge in [-0.3, -0.25) is 0 Å². The number of hydrogen-bond acceptors (Lipinski definition) is 6. The number of hydrogen-bond donors (Lipinski definition) is 2. The first kappa shape index (κ1) is 12.8. The normalized spacial score (nSPS) is 41.8. The van der Waals surface area contributed by atoms with Crippen LogP contribution in [0.15, 0.2) is 0 Å². The van der Waals surface area contributed by atoms with E-state index in [4.69, 9.17) is 18.9 Å². The lowest BCUT2D eigenvalue weighted by Crippen LogP contribution is -2.59. The summed E-state index contributed by atoms with van der Waals surface area (Å²) in [4.78, 5) is 0. The van der Waals surface area contributed by atoms with Gasteiger partial charge in [0.15, 0.2) is 6.29 Å². The average Bonchev–Trinajstić information content (AvgIpc) is 2.19. The Morgan fingerprint density at radius 2 is 1.67 bits per heavy atom. The van der Waals surface area contributed by atoms with Crippen LogP contribution in [0.2, 0.25) is 0 Å². The van der Waals surface area contributed by atoms with Gasteiger partial charge in [0.1, 0.15) is 24.4 Å². The summed E-state index contributed by atoms with van der Waals surface area (Å²) < 4.78 is 20.2. The van der Waals surface area contributed by atoms with Crippen molar-refractivity contribution in [2.24, 2.45) is 0 Å². The fraction of sp³-hybridized carbons (Fsp3) is 1.00. The zero-order chi connectivity index (χ0) is 11.4. The van der Waals surface area contributed by atoms with Gasteiger partial charge < -0.3 is 29.2 Å². The van der Waals surface area contributed by atoms with Crippen LogP contribution in [0.25, 0.3) is 0 Å². The van der Waals surface area contributed by atoms with Crippen molar-refractivity contribution in [2.75, 3.05) is 27.9 Å². The topological polar surface area (TPSA) is 77.4 Å². The van der Waals surface area contributed by atoms with E-state index >= 15 is 0 Å². The molecule has 6 nitrogen and oxygen atoms in total. The van der Waals surface area contributed by atoms with E-state index in [0.717, 1.165) is 0 Å². The maximum atomic E-state index is 9.85. The van der Waals surface area contributed by atoms with Crippen LogP contribution >= 0.6 is 0 Å². The minimum absolute atomic E-state index is 0.239. The van der Waals surface area contributed by atoms with Crippen molar-refractivity contribution in [3.8, 4) is 0 Å². The van der Waals surface area contributed by atoms with E-state index in [1.165, 1.54) is 21.3 Å². The first-order chi connectivity index (χ1) is 7.15. The fourth-order valence-electron chi connectivity index (χ4n) is 1.75. The smallest absolute Gasteiger partial charge is 0.184 e. The lowest BCUT2D eigenvalue weighted by Gasteiger charge is -2.41. The SMILES string of the molecule is COC[C@H]1O[C@H](O)[C@@H](OC)[C@@H](O)[C@@H]1OC. The van der Waals surface area contributed by atoms with Gasteiger partial charge in [-0.25, -0.2) is 0 Å². The van der Waals surface area contributed by atoms with Gasteiger partial charge in [-0.1, -0.05) is 0 Å². The molecular formula is C9H18O6. The van der Waals surface area contributed by atoms with E-state index < -0.39 is 30.7 Å². The van der Waals surface area contributed by atoms with Crippen LogP contribution < -0.4 is 0 Å². The highest BCUT2D eigenvalue weighted by Crippen LogP contribution is 2.23. The van der Waals surface area contributed by atoms with E-state index in [1.54, 1.807) is 0 Å². The second-order valence-electron chi connectivity index (χ2n) is 3.41. The Morgan fingerprint density at radius 3 is 2.13 bits per heavy atom. The second kappa shape index (κ2) is 5.74. The summed E-state index contributed by atoms with van der Waals surface area (Å²) >= 11 is 0. The van der Waals surface area contributed by atoms with Crippen molar-refractivity contribution in [3.05, 3.63) is 0 Å². The first-order valence-corrected chi connectivity index (χ1v) is 4.71. The van der Waals surface area contributed by atoms with Crippen LogP contribution in [0.1, 0.15) is 0 Å². The van der Waals surface area contributed by atoms with Crippen molar-refractivity contribution in [1.29, 1.82) is 0 Å². The Balaban J connectivity index is 2.70. The molecule has 1 rings (SSSR count).